The predicted octanol–water partition coefficient (Wildman–Crippen LogP) is 3.93. The van der Waals surface area contributed by atoms with E-state index in [9.17, 15) is 8.42 Å². The van der Waals surface area contributed by atoms with Crippen molar-refractivity contribution in [1.82, 2.24) is 9.62 Å². The van der Waals surface area contributed by atoms with Crippen LogP contribution < -0.4 is 14.4 Å². The first-order valence-corrected chi connectivity index (χ1v) is 12.7. The number of sulfonamides is 1. The van der Waals surface area contributed by atoms with Gasteiger partial charge in [-0.25, -0.2) is 13.1 Å². The van der Waals surface area contributed by atoms with E-state index in [0.717, 1.165) is 61.9 Å². The van der Waals surface area contributed by atoms with E-state index in [0.29, 0.717) is 13.2 Å². The lowest BCUT2D eigenvalue weighted by Gasteiger charge is -2.36. The molecule has 0 atom stereocenters. The first-order valence-electron chi connectivity index (χ1n) is 10.8. The van der Waals surface area contributed by atoms with Crippen LogP contribution in [0.3, 0.4) is 0 Å². The first-order chi connectivity index (χ1) is 14.9. The summed E-state index contributed by atoms with van der Waals surface area (Å²) in [7, 11) is -3.51. The summed E-state index contributed by atoms with van der Waals surface area (Å²) in [6.07, 6.45) is 1.69. The lowest BCUT2D eigenvalue weighted by Crippen LogP contribution is -2.47. The number of nitrogens with one attached hydrogen (secondary N) is 1. The van der Waals surface area contributed by atoms with Crippen molar-refractivity contribution < 1.29 is 13.2 Å². The van der Waals surface area contributed by atoms with E-state index in [4.69, 9.17) is 16.3 Å². The van der Waals surface area contributed by atoms with Crippen LogP contribution in [0.2, 0.25) is 5.02 Å². The second kappa shape index (κ2) is 11.2. The zero-order valence-electron chi connectivity index (χ0n) is 18.3. The van der Waals surface area contributed by atoms with Crippen molar-refractivity contribution in [2.45, 2.75) is 31.6 Å². The molecule has 0 aromatic heterocycles. The summed E-state index contributed by atoms with van der Waals surface area (Å²) in [6, 6.07) is 13.0. The van der Waals surface area contributed by atoms with Gasteiger partial charge in [-0.15, -0.1) is 0 Å². The Morgan fingerprint density at radius 1 is 1.06 bits per heavy atom. The fraction of sp³-hybridized carbons (Fsp3) is 0.478. The standard InChI is InChI=1S/C23H32ClN3O3S/c1-3-17-30-23-10-9-22(18-19(23)2)31(28,29)25-11-4-12-26-13-15-27(16-14-26)21-7-5-20(24)6-8-21/h5-10,18,25H,3-4,11-17H2,1-2H3. The molecule has 0 bridgehead atoms. The molecule has 0 aliphatic carbocycles. The van der Waals surface area contributed by atoms with Crippen LogP contribution in [0.5, 0.6) is 5.75 Å². The van der Waals surface area contributed by atoms with E-state index in [-0.39, 0.29) is 4.90 Å². The molecule has 1 aliphatic heterocycles. The molecule has 0 amide bonds. The second-order valence-corrected chi connectivity index (χ2v) is 10.0. The lowest BCUT2D eigenvalue weighted by atomic mass is 10.2. The van der Waals surface area contributed by atoms with Gasteiger partial charge in [-0.05, 0) is 74.3 Å². The van der Waals surface area contributed by atoms with Gasteiger partial charge in [0.05, 0.1) is 11.5 Å². The van der Waals surface area contributed by atoms with Crippen LogP contribution in [0.25, 0.3) is 0 Å². The van der Waals surface area contributed by atoms with Gasteiger partial charge in [-0.1, -0.05) is 18.5 Å². The van der Waals surface area contributed by atoms with Crippen LogP contribution in [-0.4, -0.2) is 59.2 Å². The number of nitrogens with zero attached hydrogens (tertiary/aromatic N) is 2. The lowest BCUT2D eigenvalue weighted by molar-refractivity contribution is 0.255. The van der Waals surface area contributed by atoms with Gasteiger partial charge in [-0.3, -0.25) is 4.90 Å². The van der Waals surface area contributed by atoms with E-state index < -0.39 is 10.0 Å². The fourth-order valence-corrected chi connectivity index (χ4v) is 4.92. The Labute approximate surface area is 191 Å². The summed E-state index contributed by atoms with van der Waals surface area (Å²) in [5.41, 5.74) is 2.02. The Kier molecular flexibility index (Phi) is 8.60. The average molecular weight is 466 g/mol. The monoisotopic (exact) mass is 465 g/mol. The Hall–Kier alpha value is -1.80. The molecule has 0 saturated carbocycles. The van der Waals surface area contributed by atoms with Gasteiger partial charge in [0, 0.05) is 43.4 Å². The highest BCUT2D eigenvalue weighted by Crippen LogP contribution is 2.22. The summed E-state index contributed by atoms with van der Waals surface area (Å²) in [5, 5.41) is 0.751. The number of rotatable bonds is 10. The molecule has 3 rings (SSSR count). The minimum absolute atomic E-state index is 0.283. The van der Waals surface area contributed by atoms with Crippen molar-refractivity contribution in [3.63, 3.8) is 0 Å². The Balaban J connectivity index is 1.41. The molecule has 1 saturated heterocycles. The van der Waals surface area contributed by atoms with Crippen LogP contribution >= 0.6 is 11.6 Å². The van der Waals surface area contributed by atoms with Crippen molar-refractivity contribution in [3.8, 4) is 5.75 Å². The molecule has 170 valence electrons. The van der Waals surface area contributed by atoms with Gasteiger partial charge >= 0.3 is 0 Å². The molecule has 2 aromatic carbocycles. The number of benzene rings is 2. The average Bonchev–Trinajstić information content (AvgIpc) is 2.77. The van der Waals surface area contributed by atoms with Crippen molar-refractivity contribution in [2.24, 2.45) is 0 Å². The largest absolute Gasteiger partial charge is 0.493 e. The maximum Gasteiger partial charge on any atom is 0.240 e. The molecule has 1 N–H and O–H groups in total. The Morgan fingerprint density at radius 2 is 1.77 bits per heavy atom. The van der Waals surface area contributed by atoms with Crippen LogP contribution in [-0.2, 0) is 10.0 Å². The third-order valence-electron chi connectivity index (χ3n) is 5.43. The van der Waals surface area contributed by atoms with E-state index in [2.05, 4.69) is 26.7 Å². The molecule has 1 fully saturated rings. The summed E-state index contributed by atoms with van der Waals surface area (Å²) in [6.45, 7) is 9.68. The number of aryl methyl sites for hydroxylation is 1. The fourth-order valence-electron chi connectivity index (χ4n) is 3.64. The highest BCUT2D eigenvalue weighted by molar-refractivity contribution is 7.89. The third kappa shape index (κ3) is 6.84. The summed E-state index contributed by atoms with van der Waals surface area (Å²) in [4.78, 5) is 5.02. The molecule has 6 nitrogen and oxygen atoms in total. The van der Waals surface area contributed by atoms with Gasteiger partial charge < -0.3 is 9.64 Å². The number of hydrogen-bond donors (Lipinski definition) is 1. The number of anilines is 1. The third-order valence-corrected chi connectivity index (χ3v) is 7.14. The van der Waals surface area contributed by atoms with Crippen molar-refractivity contribution in [3.05, 3.63) is 53.1 Å². The number of halogens is 1. The number of hydrogen-bond acceptors (Lipinski definition) is 5. The molecule has 0 radical (unpaired) electrons. The van der Waals surface area contributed by atoms with Crippen molar-refractivity contribution in [2.75, 3.05) is 50.8 Å². The second-order valence-electron chi connectivity index (χ2n) is 7.83. The summed E-state index contributed by atoms with van der Waals surface area (Å²) >= 11 is 5.97. The Morgan fingerprint density at radius 3 is 2.42 bits per heavy atom. The molecule has 2 aromatic rings. The van der Waals surface area contributed by atoms with Crippen LogP contribution in [0.4, 0.5) is 5.69 Å². The predicted molar refractivity (Wildman–Crippen MR) is 127 cm³/mol. The number of piperazine rings is 1. The van der Waals surface area contributed by atoms with Gasteiger partial charge in [0.15, 0.2) is 0 Å². The normalized spacial score (nSPS) is 15.3. The van der Waals surface area contributed by atoms with E-state index in [1.165, 1.54) is 5.69 Å². The highest BCUT2D eigenvalue weighted by atomic mass is 35.5. The van der Waals surface area contributed by atoms with Crippen LogP contribution in [0.1, 0.15) is 25.3 Å². The molecule has 31 heavy (non-hydrogen) atoms. The minimum Gasteiger partial charge on any atom is -0.493 e. The quantitative estimate of drug-likeness (QED) is 0.539. The molecular formula is C23H32ClN3O3S. The topological polar surface area (TPSA) is 61.9 Å². The molecule has 0 unspecified atom stereocenters. The summed E-state index contributed by atoms with van der Waals surface area (Å²) < 4.78 is 33.6. The van der Waals surface area contributed by atoms with E-state index in [1.54, 1.807) is 18.2 Å². The molecule has 1 heterocycles. The number of ether oxygens (including phenoxy) is 1. The Bertz CT molecular complexity index is 943. The molecule has 1 aliphatic rings. The van der Waals surface area contributed by atoms with Gasteiger partial charge in [0.1, 0.15) is 5.75 Å². The first kappa shape index (κ1) is 23.9. The molecule has 0 spiro atoms. The van der Waals surface area contributed by atoms with Crippen molar-refractivity contribution >= 4 is 27.3 Å². The maximum atomic E-state index is 12.6. The van der Waals surface area contributed by atoms with Crippen LogP contribution in [0.15, 0.2) is 47.4 Å². The molecular weight excluding hydrogens is 434 g/mol. The zero-order chi connectivity index (χ0) is 22.3. The van der Waals surface area contributed by atoms with Crippen LogP contribution in [0, 0.1) is 6.92 Å². The molecule has 8 heteroatoms. The maximum absolute atomic E-state index is 12.6. The van der Waals surface area contributed by atoms with Gasteiger partial charge in [0.2, 0.25) is 10.0 Å². The van der Waals surface area contributed by atoms with E-state index >= 15 is 0 Å². The zero-order valence-corrected chi connectivity index (χ0v) is 19.9. The van der Waals surface area contributed by atoms with E-state index in [1.807, 2.05) is 26.0 Å². The smallest absolute Gasteiger partial charge is 0.240 e. The SMILES string of the molecule is CCCOc1ccc(S(=O)(=O)NCCCN2CCN(c3ccc(Cl)cc3)CC2)cc1C. The van der Waals surface area contributed by atoms with Gasteiger partial charge in [-0.2, -0.15) is 0 Å². The van der Waals surface area contributed by atoms with Gasteiger partial charge in [0.25, 0.3) is 0 Å². The highest BCUT2D eigenvalue weighted by Gasteiger charge is 2.18. The minimum atomic E-state index is -3.51. The van der Waals surface area contributed by atoms with Crippen molar-refractivity contribution in [1.29, 1.82) is 0 Å². The summed E-state index contributed by atoms with van der Waals surface area (Å²) in [5.74, 6) is 0.735.